The number of carbonyl (C=O) groups is 1. The number of fused-ring (bicyclic) bond motifs is 1. The van der Waals surface area contributed by atoms with Crippen LogP contribution in [0.25, 0.3) is 0 Å². The standard InChI is InChI=1S/C17H23N7O2/c1-11-21-14-9-24(10-15(14)26-11)17(25)22-12-7-19-16(20-8-12)23(2)13-3-5-18-6-4-13/h7-8,13,18H,3-6,9-10H2,1-2H3,(H,22,25). The van der Waals surface area contributed by atoms with Crippen LogP contribution in [0, 0.1) is 6.92 Å². The number of rotatable bonds is 3. The van der Waals surface area contributed by atoms with Crippen LogP contribution in [0.1, 0.15) is 30.2 Å². The van der Waals surface area contributed by atoms with Gasteiger partial charge in [-0.05, 0) is 25.9 Å². The Morgan fingerprint density at radius 2 is 2.04 bits per heavy atom. The van der Waals surface area contributed by atoms with Crippen LogP contribution in [0.3, 0.4) is 0 Å². The lowest BCUT2D eigenvalue weighted by molar-refractivity contribution is 0.208. The lowest BCUT2D eigenvalue weighted by Crippen LogP contribution is -2.41. The van der Waals surface area contributed by atoms with Crippen LogP contribution < -0.4 is 15.5 Å². The largest absolute Gasteiger partial charge is 0.444 e. The third-order valence-electron chi connectivity index (χ3n) is 4.91. The number of nitrogens with one attached hydrogen (secondary N) is 2. The molecule has 2 N–H and O–H groups in total. The van der Waals surface area contributed by atoms with Crippen LogP contribution in [0.2, 0.25) is 0 Å². The van der Waals surface area contributed by atoms with E-state index in [9.17, 15) is 4.79 Å². The molecule has 1 fully saturated rings. The Balaban J connectivity index is 1.35. The molecule has 4 heterocycles. The highest BCUT2D eigenvalue weighted by atomic mass is 16.4. The van der Waals surface area contributed by atoms with E-state index in [-0.39, 0.29) is 6.03 Å². The first-order valence-corrected chi connectivity index (χ1v) is 8.87. The first kappa shape index (κ1) is 16.8. The molecule has 138 valence electrons. The van der Waals surface area contributed by atoms with Crippen molar-refractivity contribution in [2.45, 2.75) is 38.9 Å². The summed E-state index contributed by atoms with van der Waals surface area (Å²) in [5.74, 6) is 2.07. The van der Waals surface area contributed by atoms with Crippen LogP contribution in [-0.2, 0) is 13.1 Å². The molecule has 0 bridgehead atoms. The second kappa shape index (κ2) is 6.91. The van der Waals surface area contributed by atoms with E-state index in [0.29, 0.717) is 36.7 Å². The third kappa shape index (κ3) is 3.34. The van der Waals surface area contributed by atoms with Crippen molar-refractivity contribution in [1.82, 2.24) is 25.2 Å². The van der Waals surface area contributed by atoms with Crippen molar-refractivity contribution in [3.63, 3.8) is 0 Å². The summed E-state index contributed by atoms with van der Waals surface area (Å²) in [5, 5.41) is 6.19. The summed E-state index contributed by atoms with van der Waals surface area (Å²) in [4.78, 5) is 29.3. The molecule has 2 amide bonds. The highest BCUT2D eigenvalue weighted by Crippen LogP contribution is 2.24. The average Bonchev–Trinajstić information content (AvgIpc) is 3.20. The van der Waals surface area contributed by atoms with E-state index in [1.807, 2.05) is 14.0 Å². The average molecular weight is 357 g/mol. The molecule has 0 spiro atoms. The lowest BCUT2D eigenvalue weighted by atomic mass is 10.1. The SMILES string of the molecule is Cc1nc2c(o1)CN(C(=O)Nc1cnc(N(C)C3CCNCC3)nc1)C2. The molecule has 0 aromatic carbocycles. The minimum Gasteiger partial charge on any atom is -0.444 e. The van der Waals surface area contributed by atoms with Crippen molar-refractivity contribution in [1.29, 1.82) is 0 Å². The molecule has 0 atom stereocenters. The highest BCUT2D eigenvalue weighted by Gasteiger charge is 2.28. The summed E-state index contributed by atoms with van der Waals surface area (Å²) in [6, 6.07) is 0.234. The lowest BCUT2D eigenvalue weighted by Gasteiger charge is -2.31. The van der Waals surface area contributed by atoms with Crippen LogP contribution in [-0.4, -0.2) is 52.1 Å². The number of aryl methyl sites for hydroxylation is 1. The molecular weight excluding hydrogens is 334 g/mol. The fourth-order valence-electron chi connectivity index (χ4n) is 3.44. The number of oxazole rings is 1. The van der Waals surface area contributed by atoms with E-state index >= 15 is 0 Å². The molecule has 4 rings (SSSR count). The molecule has 2 aliphatic rings. The molecule has 2 aromatic heterocycles. The second-order valence-electron chi connectivity index (χ2n) is 6.75. The Morgan fingerprint density at radius 1 is 1.31 bits per heavy atom. The third-order valence-corrected chi connectivity index (χ3v) is 4.91. The van der Waals surface area contributed by atoms with Gasteiger partial charge in [0.05, 0.1) is 31.2 Å². The predicted molar refractivity (Wildman–Crippen MR) is 95.8 cm³/mol. The Bertz CT molecular complexity index is 759. The maximum absolute atomic E-state index is 12.4. The van der Waals surface area contributed by atoms with Gasteiger partial charge in [0.2, 0.25) is 5.95 Å². The van der Waals surface area contributed by atoms with Crippen LogP contribution in [0.5, 0.6) is 0 Å². The monoisotopic (exact) mass is 357 g/mol. The number of hydrogen-bond acceptors (Lipinski definition) is 7. The quantitative estimate of drug-likeness (QED) is 0.859. The zero-order valence-corrected chi connectivity index (χ0v) is 15.0. The number of piperidine rings is 1. The van der Waals surface area contributed by atoms with E-state index in [0.717, 1.165) is 37.4 Å². The molecule has 2 aromatic rings. The van der Waals surface area contributed by atoms with Gasteiger partial charge >= 0.3 is 6.03 Å². The van der Waals surface area contributed by atoms with Gasteiger partial charge in [-0.1, -0.05) is 0 Å². The Kier molecular flexibility index (Phi) is 4.46. The van der Waals surface area contributed by atoms with E-state index in [2.05, 4.69) is 30.5 Å². The van der Waals surface area contributed by atoms with Gasteiger partial charge in [-0.25, -0.2) is 19.7 Å². The number of carbonyl (C=O) groups excluding carboxylic acids is 1. The van der Waals surface area contributed by atoms with Crippen LogP contribution >= 0.6 is 0 Å². The van der Waals surface area contributed by atoms with Gasteiger partial charge in [0, 0.05) is 20.0 Å². The summed E-state index contributed by atoms with van der Waals surface area (Å²) in [6.07, 6.45) is 5.45. The predicted octanol–water partition coefficient (Wildman–Crippen LogP) is 1.51. The zero-order valence-electron chi connectivity index (χ0n) is 15.0. The smallest absolute Gasteiger partial charge is 0.322 e. The van der Waals surface area contributed by atoms with Crippen molar-refractivity contribution in [2.75, 3.05) is 30.4 Å². The molecular formula is C17H23N7O2. The molecule has 26 heavy (non-hydrogen) atoms. The number of anilines is 2. The summed E-state index contributed by atoms with van der Waals surface area (Å²) in [5.41, 5.74) is 1.40. The zero-order chi connectivity index (χ0) is 18.1. The molecule has 0 radical (unpaired) electrons. The Hall–Kier alpha value is -2.68. The number of nitrogens with zero attached hydrogens (tertiary/aromatic N) is 5. The van der Waals surface area contributed by atoms with Crippen LogP contribution in [0.15, 0.2) is 16.8 Å². The first-order chi connectivity index (χ1) is 12.6. The van der Waals surface area contributed by atoms with Crippen molar-refractivity contribution in [3.05, 3.63) is 29.7 Å². The summed E-state index contributed by atoms with van der Waals surface area (Å²) in [7, 11) is 2.02. The molecule has 0 saturated carbocycles. The summed E-state index contributed by atoms with van der Waals surface area (Å²) >= 11 is 0. The van der Waals surface area contributed by atoms with Gasteiger partial charge in [0.15, 0.2) is 5.89 Å². The summed E-state index contributed by atoms with van der Waals surface area (Å²) < 4.78 is 5.49. The Labute approximate surface area is 151 Å². The van der Waals surface area contributed by atoms with Gasteiger partial charge in [0.25, 0.3) is 0 Å². The molecule has 1 saturated heterocycles. The number of urea groups is 1. The highest BCUT2D eigenvalue weighted by molar-refractivity contribution is 5.89. The van der Waals surface area contributed by atoms with Crippen molar-refractivity contribution >= 4 is 17.7 Å². The van der Waals surface area contributed by atoms with Crippen molar-refractivity contribution < 1.29 is 9.21 Å². The van der Waals surface area contributed by atoms with Gasteiger partial charge in [-0.3, -0.25) is 0 Å². The van der Waals surface area contributed by atoms with Crippen LogP contribution in [0.4, 0.5) is 16.4 Å². The molecule has 0 aliphatic carbocycles. The minimum absolute atomic E-state index is 0.209. The Morgan fingerprint density at radius 3 is 2.73 bits per heavy atom. The van der Waals surface area contributed by atoms with Crippen molar-refractivity contribution in [3.8, 4) is 0 Å². The van der Waals surface area contributed by atoms with E-state index < -0.39 is 0 Å². The van der Waals surface area contributed by atoms with Gasteiger partial charge in [-0.15, -0.1) is 0 Å². The number of hydrogen-bond donors (Lipinski definition) is 2. The van der Waals surface area contributed by atoms with Gasteiger partial charge < -0.3 is 24.9 Å². The number of amides is 2. The number of aromatic nitrogens is 3. The molecule has 9 heteroatoms. The fraction of sp³-hybridized carbons (Fsp3) is 0.529. The van der Waals surface area contributed by atoms with E-state index in [1.165, 1.54) is 0 Å². The fourth-order valence-corrected chi connectivity index (χ4v) is 3.44. The maximum atomic E-state index is 12.4. The minimum atomic E-state index is -0.209. The van der Waals surface area contributed by atoms with E-state index in [1.54, 1.807) is 17.3 Å². The molecule has 2 aliphatic heterocycles. The normalized spacial score (nSPS) is 17.2. The van der Waals surface area contributed by atoms with Crippen molar-refractivity contribution in [2.24, 2.45) is 0 Å². The molecule has 0 unspecified atom stereocenters. The topological polar surface area (TPSA) is 99.4 Å². The van der Waals surface area contributed by atoms with Gasteiger partial charge in [-0.2, -0.15) is 0 Å². The summed E-state index contributed by atoms with van der Waals surface area (Å²) in [6.45, 7) is 4.73. The molecule has 9 nitrogen and oxygen atoms in total. The first-order valence-electron chi connectivity index (χ1n) is 8.87. The van der Waals surface area contributed by atoms with E-state index in [4.69, 9.17) is 4.42 Å². The maximum Gasteiger partial charge on any atom is 0.322 e. The second-order valence-corrected chi connectivity index (χ2v) is 6.75. The van der Waals surface area contributed by atoms with Gasteiger partial charge in [0.1, 0.15) is 11.5 Å².